The molecular weight excluding hydrogens is 254 g/mol. The van der Waals surface area contributed by atoms with Crippen LogP contribution in [0.3, 0.4) is 0 Å². The van der Waals surface area contributed by atoms with Gasteiger partial charge in [0.05, 0.1) is 7.11 Å². The Balaban J connectivity index is 2.26. The quantitative estimate of drug-likeness (QED) is 0.832. The number of esters is 1. The first-order valence-electron chi connectivity index (χ1n) is 7.17. The maximum atomic E-state index is 11.9. The van der Waals surface area contributed by atoms with Crippen LogP contribution in [0, 0.1) is 0 Å². The Hall–Kier alpha value is -1.62. The molecular formula is C15H23N3O2. The molecule has 20 heavy (non-hydrogen) atoms. The molecule has 110 valence electrons. The fourth-order valence-corrected chi connectivity index (χ4v) is 2.59. The smallest absolute Gasteiger partial charge is 0.341 e. The first-order valence-corrected chi connectivity index (χ1v) is 7.17. The Bertz CT molecular complexity index is 456. The molecule has 5 nitrogen and oxygen atoms in total. The molecule has 0 spiro atoms. The fraction of sp³-hybridized carbons (Fsp3) is 0.600. The van der Waals surface area contributed by atoms with E-state index >= 15 is 0 Å². The lowest BCUT2D eigenvalue weighted by Crippen LogP contribution is -2.42. The van der Waals surface area contributed by atoms with Crippen molar-refractivity contribution in [2.24, 2.45) is 0 Å². The summed E-state index contributed by atoms with van der Waals surface area (Å²) in [4.78, 5) is 18.5. The van der Waals surface area contributed by atoms with E-state index in [1.807, 2.05) is 0 Å². The number of nitrogens with one attached hydrogen (secondary N) is 1. The molecule has 0 bridgehead atoms. The maximum absolute atomic E-state index is 11.9. The molecule has 0 aromatic carbocycles. The average molecular weight is 277 g/mol. The van der Waals surface area contributed by atoms with Crippen molar-refractivity contribution in [3.05, 3.63) is 23.9 Å². The zero-order chi connectivity index (χ0) is 14.5. The molecule has 1 atom stereocenters. The topological polar surface area (TPSA) is 54.5 Å². The summed E-state index contributed by atoms with van der Waals surface area (Å²) in [5.74, 6) is 0.376. The van der Waals surface area contributed by atoms with E-state index in [-0.39, 0.29) is 12.0 Å². The fourth-order valence-electron chi connectivity index (χ4n) is 2.59. The van der Waals surface area contributed by atoms with Gasteiger partial charge in [-0.2, -0.15) is 0 Å². The summed E-state index contributed by atoms with van der Waals surface area (Å²) in [5.41, 5.74) is 0.529. The number of pyridine rings is 1. The molecule has 2 heterocycles. The van der Waals surface area contributed by atoms with Crippen LogP contribution in [-0.2, 0) is 4.74 Å². The van der Waals surface area contributed by atoms with Crippen molar-refractivity contribution in [2.75, 3.05) is 25.1 Å². The molecule has 1 unspecified atom stereocenters. The van der Waals surface area contributed by atoms with Crippen LogP contribution in [0.5, 0.6) is 0 Å². The number of hydrogen-bond donors (Lipinski definition) is 1. The molecule has 0 aliphatic carbocycles. The van der Waals surface area contributed by atoms with Crippen molar-refractivity contribution < 1.29 is 9.53 Å². The van der Waals surface area contributed by atoms with Gasteiger partial charge in [-0.05, 0) is 45.4 Å². The predicted molar refractivity (Wildman–Crippen MR) is 79.1 cm³/mol. The van der Waals surface area contributed by atoms with Gasteiger partial charge in [-0.15, -0.1) is 0 Å². The summed E-state index contributed by atoms with van der Waals surface area (Å²) in [6.07, 6.45) is 4.10. The molecule has 1 fully saturated rings. The van der Waals surface area contributed by atoms with Gasteiger partial charge in [-0.3, -0.25) is 0 Å². The van der Waals surface area contributed by atoms with Crippen LogP contribution in [0.4, 0.5) is 5.82 Å². The van der Waals surface area contributed by atoms with Crippen LogP contribution >= 0.6 is 0 Å². The molecule has 1 saturated heterocycles. The molecule has 0 saturated carbocycles. The number of carbonyl (C=O) groups is 1. The third-order valence-electron chi connectivity index (χ3n) is 3.67. The van der Waals surface area contributed by atoms with Gasteiger partial charge in [0.15, 0.2) is 0 Å². The van der Waals surface area contributed by atoms with Crippen molar-refractivity contribution in [3.8, 4) is 0 Å². The number of carbonyl (C=O) groups excluding carboxylic acids is 1. The molecule has 1 aromatic rings. The lowest BCUT2D eigenvalue weighted by atomic mass is 10.1. The van der Waals surface area contributed by atoms with E-state index in [2.05, 4.69) is 29.0 Å². The second kappa shape index (κ2) is 6.70. The van der Waals surface area contributed by atoms with E-state index in [1.54, 1.807) is 18.3 Å². The summed E-state index contributed by atoms with van der Waals surface area (Å²) < 4.78 is 4.86. The van der Waals surface area contributed by atoms with E-state index in [4.69, 9.17) is 4.74 Å². The third kappa shape index (κ3) is 3.28. The van der Waals surface area contributed by atoms with Gasteiger partial charge >= 0.3 is 5.97 Å². The molecule has 0 amide bonds. The van der Waals surface area contributed by atoms with Crippen molar-refractivity contribution >= 4 is 11.8 Å². The minimum Gasteiger partial charge on any atom is -0.465 e. The summed E-state index contributed by atoms with van der Waals surface area (Å²) in [6.45, 7) is 6.16. The summed E-state index contributed by atoms with van der Waals surface area (Å²) in [7, 11) is 1.40. The first-order chi connectivity index (χ1) is 9.63. The summed E-state index contributed by atoms with van der Waals surface area (Å²) >= 11 is 0. The van der Waals surface area contributed by atoms with Crippen LogP contribution in [0.15, 0.2) is 18.3 Å². The number of ether oxygens (including phenoxy) is 1. The Morgan fingerprint density at radius 2 is 2.40 bits per heavy atom. The minimum atomic E-state index is -0.335. The van der Waals surface area contributed by atoms with Crippen molar-refractivity contribution in [2.45, 2.75) is 38.8 Å². The van der Waals surface area contributed by atoms with E-state index in [9.17, 15) is 4.79 Å². The highest BCUT2D eigenvalue weighted by Crippen LogP contribution is 2.22. The van der Waals surface area contributed by atoms with E-state index in [0.717, 1.165) is 13.1 Å². The Morgan fingerprint density at radius 1 is 1.60 bits per heavy atom. The monoisotopic (exact) mass is 277 g/mol. The molecule has 1 aromatic heterocycles. The lowest BCUT2D eigenvalue weighted by molar-refractivity contribution is 0.0601. The number of nitrogens with zero attached hydrogens (tertiary/aromatic N) is 2. The van der Waals surface area contributed by atoms with Crippen LogP contribution in [-0.4, -0.2) is 43.2 Å². The van der Waals surface area contributed by atoms with Crippen molar-refractivity contribution in [1.29, 1.82) is 0 Å². The van der Waals surface area contributed by atoms with Crippen molar-refractivity contribution in [1.82, 2.24) is 10.3 Å². The second-order valence-electron chi connectivity index (χ2n) is 5.41. The lowest BCUT2D eigenvalue weighted by Gasteiger charge is -2.31. The van der Waals surface area contributed by atoms with Gasteiger partial charge in [-0.25, -0.2) is 9.78 Å². The van der Waals surface area contributed by atoms with E-state index < -0.39 is 0 Å². The van der Waals surface area contributed by atoms with Crippen LogP contribution < -0.4 is 10.2 Å². The average Bonchev–Trinajstić information content (AvgIpc) is 2.96. The highest BCUT2D eigenvalue weighted by molar-refractivity contribution is 5.94. The highest BCUT2D eigenvalue weighted by Gasteiger charge is 2.24. The Kier molecular flexibility index (Phi) is 4.95. The van der Waals surface area contributed by atoms with Gasteiger partial charge in [-0.1, -0.05) is 0 Å². The molecule has 1 aliphatic rings. The van der Waals surface area contributed by atoms with E-state index in [0.29, 0.717) is 17.4 Å². The third-order valence-corrected chi connectivity index (χ3v) is 3.67. The normalized spacial score (nSPS) is 18.3. The number of anilines is 1. The van der Waals surface area contributed by atoms with Crippen LogP contribution in [0.1, 0.15) is 37.0 Å². The standard InChI is InChI=1S/C15H23N3O2/c1-11(2)18(10-12-6-4-8-16-12)14-13(15(19)20-3)7-5-9-17-14/h5,7,9,11-12,16H,4,6,8,10H2,1-3H3. The first kappa shape index (κ1) is 14.8. The van der Waals surface area contributed by atoms with Gasteiger partial charge in [0, 0.05) is 24.8 Å². The SMILES string of the molecule is COC(=O)c1cccnc1N(CC1CCCN1)C(C)C. The number of rotatable bonds is 5. The number of hydrogen-bond acceptors (Lipinski definition) is 5. The van der Waals surface area contributed by atoms with Crippen molar-refractivity contribution in [3.63, 3.8) is 0 Å². The molecule has 0 radical (unpaired) electrons. The molecule has 2 rings (SSSR count). The number of methoxy groups -OCH3 is 1. The maximum Gasteiger partial charge on any atom is 0.341 e. The minimum absolute atomic E-state index is 0.274. The number of aromatic nitrogens is 1. The second-order valence-corrected chi connectivity index (χ2v) is 5.41. The Morgan fingerprint density at radius 3 is 3.00 bits per heavy atom. The van der Waals surface area contributed by atoms with Crippen LogP contribution in [0.25, 0.3) is 0 Å². The van der Waals surface area contributed by atoms with E-state index in [1.165, 1.54) is 20.0 Å². The molecule has 5 heteroatoms. The zero-order valence-electron chi connectivity index (χ0n) is 12.4. The Labute approximate surface area is 120 Å². The molecule has 1 N–H and O–H groups in total. The summed E-state index contributed by atoms with van der Waals surface area (Å²) in [6, 6.07) is 4.27. The van der Waals surface area contributed by atoms with Crippen LogP contribution in [0.2, 0.25) is 0 Å². The molecule has 1 aliphatic heterocycles. The predicted octanol–water partition coefficient (Wildman–Crippen LogP) is 1.83. The summed E-state index contributed by atoms with van der Waals surface area (Å²) in [5, 5.41) is 3.49. The largest absolute Gasteiger partial charge is 0.465 e. The van der Waals surface area contributed by atoms with Gasteiger partial charge in [0.25, 0.3) is 0 Å². The van der Waals surface area contributed by atoms with Gasteiger partial charge < -0.3 is 15.0 Å². The van der Waals surface area contributed by atoms with Gasteiger partial charge in [0.2, 0.25) is 0 Å². The highest BCUT2D eigenvalue weighted by atomic mass is 16.5. The van der Waals surface area contributed by atoms with Gasteiger partial charge in [0.1, 0.15) is 11.4 Å². The zero-order valence-corrected chi connectivity index (χ0v) is 12.4.